The number of carbonyl (C=O) groups is 1. The van der Waals surface area contributed by atoms with Gasteiger partial charge in [0.15, 0.2) is 0 Å². The van der Waals surface area contributed by atoms with E-state index in [9.17, 15) is 9.18 Å². The summed E-state index contributed by atoms with van der Waals surface area (Å²) in [7, 11) is 0. The molecule has 0 aromatic carbocycles. The molecule has 3 nitrogen and oxygen atoms in total. The van der Waals surface area contributed by atoms with Crippen LogP contribution in [0.5, 0.6) is 0 Å². The fourth-order valence-corrected chi connectivity index (χ4v) is 2.14. The van der Waals surface area contributed by atoms with Crippen molar-refractivity contribution < 1.29 is 9.18 Å². The maximum Gasteiger partial charge on any atom is 0.258 e. The summed E-state index contributed by atoms with van der Waals surface area (Å²) in [6, 6.07) is 3.11. The topological polar surface area (TPSA) is 33.2 Å². The Balaban J connectivity index is 2.69. The fourth-order valence-electron chi connectivity index (χ4n) is 2.14. The molecule has 0 saturated heterocycles. The summed E-state index contributed by atoms with van der Waals surface area (Å²) in [6.07, 6.45) is 7.70. The maximum absolute atomic E-state index is 13.6. The molecule has 0 aliphatic carbocycles. The predicted octanol–water partition coefficient (Wildman–Crippen LogP) is 4.04. The van der Waals surface area contributed by atoms with Crippen LogP contribution in [0.4, 0.5) is 4.39 Å². The average molecular weight is 280 g/mol. The summed E-state index contributed by atoms with van der Waals surface area (Å²) in [5.74, 6) is -0.906. The molecule has 1 rings (SSSR count). The summed E-state index contributed by atoms with van der Waals surface area (Å²) < 4.78 is 13.6. The van der Waals surface area contributed by atoms with Crippen LogP contribution >= 0.6 is 0 Å². The number of amides is 1. The molecular weight excluding hydrogens is 255 g/mol. The Morgan fingerprint density at radius 3 is 2.25 bits per heavy atom. The van der Waals surface area contributed by atoms with E-state index in [1.165, 1.54) is 12.3 Å². The van der Waals surface area contributed by atoms with Crippen molar-refractivity contribution in [2.75, 3.05) is 13.1 Å². The molecule has 0 N–H and O–H groups in total. The highest BCUT2D eigenvalue weighted by Crippen LogP contribution is 2.11. The molecule has 0 fully saturated rings. The second kappa shape index (κ2) is 9.45. The van der Waals surface area contributed by atoms with Crippen LogP contribution < -0.4 is 0 Å². The molecule has 1 aromatic heterocycles. The lowest BCUT2D eigenvalue weighted by molar-refractivity contribution is 0.0744. The molecule has 0 unspecified atom stereocenters. The highest BCUT2D eigenvalue weighted by atomic mass is 19.1. The van der Waals surface area contributed by atoms with Gasteiger partial charge in [0.05, 0.1) is 5.56 Å². The van der Waals surface area contributed by atoms with Gasteiger partial charge >= 0.3 is 0 Å². The highest BCUT2D eigenvalue weighted by molar-refractivity contribution is 5.94. The summed E-state index contributed by atoms with van der Waals surface area (Å²) in [5.41, 5.74) is 0.0838. The van der Waals surface area contributed by atoms with Crippen molar-refractivity contribution >= 4 is 5.91 Å². The first-order chi connectivity index (χ1) is 9.70. The predicted molar refractivity (Wildman–Crippen MR) is 79.1 cm³/mol. The molecule has 112 valence electrons. The zero-order chi connectivity index (χ0) is 14.8. The van der Waals surface area contributed by atoms with Gasteiger partial charge in [-0.15, -0.1) is 0 Å². The normalized spacial score (nSPS) is 10.6. The van der Waals surface area contributed by atoms with E-state index in [2.05, 4.69) is 18.8 Å². The van der Waals surface area contributed by atoms with E-state index in [0.717, 1.165) is 38.5 Å². The summed E-state index contributed by atoms with van der Waals surface area (Å²) in [5, 5.41) is 0. The zero-order valence-electron chi connectivity index (χ0n) is 12.6. The third-order valence-corrected chi connectivity index (χ3v) is 3.34. The van der Waals surface area contributed by atoms with Gasteiger partial charge in [-0.05, 0) is 25.0 Å². The number of halogens is 1. The van der Waals surface area contributed by atoms with Crippen LogP contribution in [0.2, 0.25) is 0 Å². The molecule has 0 radical (unpaired) electrons. The number of rotatable bonds is 9. The van der Waals surface area contributed by atoms with Crippen molar-refractivity contribution in [2.45, 2.75) is 52.4 Å². The van der Waals surface area contributed by atoms with Crippen LogP contribution in [0.3, 0.4) is 0 Å². The van der Waals surface area contributed by atoms with Crippen molar-refractivity contribution in [3.05, 3.63) is 29.8 Å². The number of nitrogens with zero attached hydrogens (tertiary/aromatic N) is 2. The summed E-state index contributed by atoms with van der Waals surface area (Å²) in [4.78, 5) is 17.7. The molecule has 0 aliphatic heterocycles. The standard InChI is InChI=1S/C16H25FN2O/c1-3-5-7-12-19(13-8-6-4-2)16(20)14-10-9-11-18-15(14)17/h9-11H,3-8,12-13H2,1-2H3. The van der Waals surface area contributed by atoms with Crippen LogP contribution in [0.25, 0.3) is 0 Å². The van der Waals surface area contributed by atoms with Crippen molar-refractivity contribution in [3.63, 3.8) is 0 Å². The van der Waals surface area contributed by atoms with Gasteiger partial charge in [0.25, 0.3) is 5.91 Å². The van der Waals surface area contributed by atoms with E-state index in [-0.39, 0.29) is 11.5 Å². The van der Waals surface area contributed by atoms with E-state index < -0.39 is 5.95 Å². The molecule has 0 aliphatic rings. The van der Waals surface area contributed by atoms with Crippen LogP contribution in [0.1, 0.15) is 62.7 Å². The number of unbranched alkanes of at least 4 members (excludes halogenated alkanes) is 4. The van der Waals surface area contributed by atoms with Gasteiger partial charge in [-0.1, -0.05) is 39.5 Å². The van der Waals surface area contributed by atoms with Gasteiger partial charge in [-0.3, -0.25) is 4.79 Å². The van der Waals surface area contributed by atoms with Crippen molar-refractivity contribution in [1.82, 2.24) is 9.88 Å². The first kappa shape index (κ1) is 16.6. The highest BCUT2D eigenvalue weighted by Gasteiger charge is 2.18. The number of hydrogen-bond donors (Lipinski definition) is 0. The monoisotopic (exact) mass is 280 g/mol. The molecule has 0 atom stereocenters. The molecule has 1 aromatic rings. The lowest BCUT2D eigenvalue weighted by Gasteiger charge is -2.22. The van der Waals surface area contributed by atoms with Crippen LogP contribution in [0, 0.1) is 5.95 Å². The maximum atomic E-state index is 13.6. The summed E-state index contributed by atoms with van der Waals surface area (Å²) >= 11 is 0. The molecule has 4 heteroatoms. The number of pyridine rings is 1. The number of aromatic nitrogens is 1. The van der Waals surface area contributed by atoms with Crippen molar-refractivity contribution in [2.24, 2.45) is 0 Å². The first-order valence-electron chi connectivity index (χ1n) is 7.60. The molecule has 20 heavy (non-hydrogen) atoms. The minimum Gasteiger partial charge on any atom is -0.339 e. The average Bonchev–Trinajstić information content (AvgIpc) is 2.46. The number of hydrogen-bond acceptors (Lipinski definition) is 2. The Bertz CT molecular complexity index is 399. The molecule has 1 amide bonds. The van der Waals surface area contributed by atoms with Crippen LogP contribution in [0.15, 0.2) is 18.3 Å². The molecule has 0 spiro atoms. The van der Waals surface area contributed by atoms with E-state index in [1.807, 2.05) is 0 Å². The molecular formula is C16H25FN2O. The lowest BCUT2D eigenvalue weighted by Crippen LogP contribution is -2.33. The van der Waals surface area contributed by atoms with Gasteiger partial charge in [0.2, 0.25) is 5.95 Å². The quantitative estimate of drug-likeness (QED) is 0.505. The Kier molecular flexibility index (Phi) is 7.85. The Morgan fingerprint density at radius 2 is 1.75 bits per heavy atom. The molecule has 0 saturated carbocycles. The van der Waals surface area contributed by atoms with Gasteiger partial charge in [0, 0.05) is 19.3 Å². The van der Waals surface area contributed by atoms with Crippen LogP contribution in [-0.4, -0.2) is 28.9 Å². The van der Waals surface area contributed by atoms with Crippen molar-refractivity contribution in [1.29, 1.82) is 0 Å². The van der Waals surface area contributed by atoms with Gasteiger partial charge in [-0.2, -0.15) is 4.39 Å². The van der Waals surface area contributed by atoms with Crippen LogP contribution in [-0.2, 0) is 0 Å². The second-order valence-corrected chi connectivity index (χ2v) is 5.05. The lowest BCUT2D eigenvalue weighted by atomic mass is 10.1. The SMILES string of the molecule is CCCCCN(CCCCC)C(=O)c1cccnc1F. The van der Waals surface area contributed by atoms with Gasteiger partial charge in [-0.25, -0.2) is 4.98 Å². The fraction of sp³-hybridized carbons (Fsp3) is 0.625. The van der Waals surface area contributed by atoms with E-state index in [1.54, 1.807) is 11.0 Å². The smallest absolute Gasteiger partial charge is 0.258 e. The Hall–Kier alpha value is -1.45. The molecule has 1 heterocycles. The first-order valence-corrected chi connectivity index (χ1v) is 7.60. The molecule has 0 bridgehead atoms. The third kappa shape index (κ3) is 5.27. The van der Waals surface area contributed by atoms with E-state index >= 15 is 0 Å². The number of carbonyl (C=O) groups excluding carboxylic acids is 1. The minimum absolute atomic E-state index is 0.0838. The second-order valence-electron chi connectivity index (χ2n) is 5.05. The van der Waals surface area contributed by atoms with Crippen molar-refractivity contribution in [3.8, 4) is 0 Å². The Labute approximate surface area is 121 Å². The third-order valence-electron chi connectivity index (χ3n) is 3.34. The van der Waals surface area contributed by atoms with Gasteiger partial charge in [0.1, 0.15) is 0 Å². The van der Waals surface area contributed by atoms with E-state index in [4.69, 9.17) is 0 Å². The van der Waals surface area contributed by atoms with Gasteiger partial charge < -0.3 is 4.90 Å². The minimum atomic E-state index is -0.673. The van der Waals surface area contributed by atoms with E-state index in [0.29, 0.717) is 13.1 Å². The summed E-state index contributed by atoms with van der Waals surface area (Å²) in [6.45, 7) is 5.66. The Morgan fingerprint density at radius 1 is 1.15 bits per heavy atom. The zero-order valence-corrected chi connectivity index (χ0v) is 12.6. The largest absolute Gasteiger partial charge is 0.339 e.